The number of carbonyl (C=O) groups is 3. The molecule has 0 spiro atoms. The average molecular weight is 414 g/mol. The zero-order chi connectivity index (χ0) is 21.8. The van der Waals surface area contributed by atoms with Crippen LogP contribution < -0.4 is 14.8 Å². The van der Waals surface area contributed by atoms with Crippen molar-refractivity contribution in [3.05, 3.63) is 60.2 Å². The lowest BCUT2D eigenvalue weighted by Crippen LogP contribution is -2.36. The van der Waals surface area contributed by atoms with Gasteiger partial charge >= 0.3 is 5.97 Å². The summed E-state index contributed by atoms with van der Waals surface area (Å²) in [6.45, 7) is 1.90. The fraction of sp³-hybridized carbons (Fsp3) is 0.318. The highest BCUT2D eigenvalue weighted by molar-refractivity contribution is 5.84. The predicted molar refractivity (Wildman–Crippen MR) is 110 cm³/mol. The van der Waals surface area contributed by atoms with Crippen LogP contribution in [0.25, 0.3) is 0 Å². The van der Waals surface area contributed by atoms with Crippen molar-refractivity contribution in [3.8, 4) is 11.5 Å². The van der Waals surface area contributed by atoms with Crippen LogP contribution in [0.5, 0.6) is 11.5 Å². The van der Waals surface area contributed by atoms with Crippen molar-refractivity contribution in [1.82, 2.24) is 10.2 Å². The summed E-state index contributed by atoms with van der Waals surface area (Å²) >= 11 is 0. The lowest BCUT2D eigenvalue weighted by atomic mass is 10.2. The number of benzene rings is 2. The first-order valence-corrected chi connectivity index (χ1v) is 9.53. The second kappa shape index (κ2) is 12.1. The van der Waals surface area contributed by atoms with Gasteiger partial charge in [-0.25, -0.2) is 0 Å². The third kappa shape index (κ3) is 8.22. The van der Waals surface area contributed by atoms with Crippen molar-refractivity contribution >= 4 is 17.8 Å². The van der Waals surface area contributed by atoms with Gasteiger partial charge in [-0.3, -0.25) is 14.4 Å². The number of likely N-dealkylation sites (N-methyl/N-ethyl adjacent to an activating group) is 1. The fourth-order valence-corrected chi connectivity index (χ4v) is 2.41. The number of para-hydroxylation sites is 1. The van der Waals surface area contributed by atoms with E-state index < -0.39 is 18.5 Å². The summed E-state index contributed by atoms with van der Waals surface area (Å²) in [5.74, 6) is -0.201. The highest BCUT2D eigenvalue weighted by atomic mass is 16.5. The molecule has 0 fully saturated rings. The lowest BCUT2D eigenvalue weighted by molar-refractivity contribution is -0.151. The predicted octanol–water partition coefficient (Wildman–Crippen LogP) is 1.78. The molecule has 0 unspecified atom stereocenters. The van der Waals surface area contributed by atoms with Gasteiger partial charge in [-0.05, 0) is 36.8 Å². The van der Waals surface area contributed by atoms with Gasteiger partial charge in [-0.1, -0.05) is 30.3 Å². The number of carbonyl (C=O) groups excluding carboxylic acids is 3. The molecule has 0 aliphatic heterocycles. The monoisotopic (exact) mass is 414 g/mol. The molecular formula is C22H26N2O6. The molecule has 2 aromatic carbocycles. The minimum absolute atomic E-state index is 0.221. The quantitative estimate of drug-likeness (QED) is 0.564. The Morgan fingerprint density at radius 3 is 2.23 bits per heavy atom. The molecule has 1 N–H and O–H groups in total. The van der Waals surface area contributed by atoms with E-state index in [0.717, 1.165) is 11.3 Å². The number of nitrogens with one attached hydrogen (secondary N) is 1. The molecule has 8 heteroatoms. The van der Waals surface area contributed by atoms with Crippen molar-refractivity contribution in [2.75, 3.05) is 33.4 Å². The van der Waals surface area contributed by atoms with Crippen molar-refractivity contribution in [2.24, 2.45) is 0 Å². The van der Waals surface area contributed by atoms with Gasteiger partial charge in [0, 0.05) is 13.6 Å². The molecule has 0 radical (unpaired) electrons. The minimum atomic E-state index is -0.703. The van der Waals surface area contributed by atoms with Crippen LogP contribution in [-0.2, 0) is 25.7 Å². The molecule has 0 aliphatic carbocycles. The Hall–Kier alpha value is -3.55. The van der Waals surface area contributed by atoms with E-state index in [1.54, 1.807) is 31.3 Å². The highest BCUT2D eigenvalue weighted by Crippen LogP contribution is 2.13. The van der Waals surface area contributed by atoms with Gasteiger partial charge < -0.3 is 24.4 Å². The summed E-state index contributed by atoms with van der Waals surface area (Å²) < 4.78 is 15.6. The van der Waals surface area contributed by atoms with Crippen molar-refractivity contribution < 1.29 is 28.6 Å². The third-order valence-corrected chi connectivity index (χ3v) is 3.98. The summed E-state index contributed by atoms with van der Waals surface area (Å²) in [6, 6.07) is 16.3. The molecule has 0 bridgehead atoms. The maximum atomic E-state index is 12.1. The summed E-state index contributed by atoms with van der Waals surface area (Å²) in [7, 11) is 1.62. The van der Waals surface area contributed by atoms with Crippen LogP contribution in [0.15, 0.2) is 54.6 Å². The standard InChI is InChI=1S/C22H26N2O6/c1-3-28-19-11-9-17(10-12-19)14-24(2)21(26)16-30-22(27)13-23-20(25)15-29-18-7-5-4-6-8-18/h4-12H,3,13-16H2,1-2H3,(H,23,25). The molecule has 2 aromatic rings. The molecule has 30 heavy (non-hydrogen) atoms. The van der Waals surface area contributed by atoms with Gasteiger partial charge in [-0.2, -0.15) is 0 Å². The van der Waals surface area contributed by atoms with Crippen LogP contribution in [0.4, 0.5) is 0 Å². The summed E-state index contributed by atoms with van der Waals surface area (Å²) in [6.07, 6.45) is 0. The van der Waals surface area contributed by atoms with E-state index >= 15 is 0 Å². The number of hydrogen-bond donors (Lipinski definition) is 1. The highest BCUT2D eigenvalue weighted by Gasteiger charge is 2.13. The maximum Gasteiger partial charge on any atom is 0.325 e. The molecule has 2 rings (SSSR count). The third-order valence-electron chi connectivity index (χ3n) is 3.98. The van der Waals surface area contributed by atoms with E-state index in [0.29, 0.717) is 18.9 Å². The van der Waals surface area contributed by atoms with Crippen LogP contribution in [0.1, 0.15) is 12.5 Å². The normalized spacial score (nSPS) is 10.1. The number of hydrogen-bond acceptors (Lipinski definition) is 6. The molecular weight excluding hydrogens is 388 g/mol. The molecule has 8 nitrogen and oxygen atoms in total. The smallest absolute Gasteiger partial charge is 0.325 e. The minimum Gasteiger partial charge on any atom is -0.494 e. The van der Waals surface area contributed by atoms with E-state index in [1.165, 1.54) is 4.90 Å². The Kier molecular flexibility index (Phi) is 9.18. The van der Waals surface area contributed by atoms with Crippen LogP contribution in [0.2, 0.25) is 0 Å². The Morgan fingerprint density at radius 1 is 0.900 bits per heavy atom. The van der Waals surface area contributed by atoms with Gasteiger partial charge in [0.1, 0.15) is 18.0 Å². The zero-order valence-electron chi connectivity index (χ0n) is 17.1. The Morgan fingerprint density at radius 2 is 1.57 bits per heavy atom. The Labute approximate surface area is 175 Å². The van der Waals surface area contributed by atoms with Crippen molar-refractivity contribution in [1.29, 1.82) is 0 Å². The summed E-state index contributed by atoms with van der Waals surface area (Å²) in [5, 5.41) is 2.39. The first kappa shape index (κ1) is 22.7. The van der Waals surface area contributed by atoms with E-state index in [4.69, 9.17) is 14.2 Å². The molecule has 2 amide bonds. The van der Waals surface area contributed by atoms with Crippen molar-refractivity contribution in [2.45, 2.75) is 13.5 Å². The second-order valence-corrected chi connectivity index (χ2v) is 6.37. The Balaban J connectivity index is 1.64. The maximum absolute atomic E-state index is 12.1. The lowest BCUT2D eigenvalue weighted by Gasteiger charge is -2.17. The first-order valence-electron chi connectivity index (χ1n) is 9.53. The van der Waals surface area contributed by atoms with Gasteiger partial charge in [0.25, 0.3) is 11.8 Å². The van der Waals surface area contributed by atoms with E-state index in [-0.39, 0.29) is 19.1 Å². The Bertz CT molecular complexity index is 823. The van der Waals surface area contributed by atoms with Gasteiger partial charge in [-0.15, -0.1) is 0 Å². The number of rotatable bonds is 11. The SMILES string of the molecule is CCOc1ccc(CN(C)C(=O)COC(=O)CNC(=O)COc2ccccc2)cc1. The topological polar surface area (TPSA) is 94.2 Å². The molecule has 0 aliphatic rings. The van der Waals surface area contributed by atoms with Crippen LogP contribution >= 0.6 is 0 Å². The first-order chi connectivity index (χ1) is 14.5. The number of amides is 2. The molecule has 0 heterocycles. The average Bonchev–Trinajstić information content (AvgIpc) is 2.76. The number of ether oxygens (including phenoxy) is 3. The molecule has 0 saturated carbocycles. The van der Waals surface area contributed by atoms with Gasteiger partial charge in [0.2, 0.25) is 0 Å². The van der Waals surface area contributed by atoms with Gasteiger partial charge in [0.15, 0.2) is 13.2 Å². The zero-order valence-corrected chi connectivity index (χ0v) is 17.1. The fourth-order valence-electron chi connectivity index (χ4n) is 2.41. The van der Waals surface area contributed by atoms with E-state index in [9.17, 15) is 14.4 Å². The van der Waals surface area contributed by atoms with Crippen molar-refractivity contribution in [3.63, 3.8) is 0 Å². The van der Waals surface area contributed by atoms with Crippen LogP contribution in [0.3, 0.4) is 0 Å². The van der Waals surface area contributed by atoms with Crippen LogP contribution in [0, 0.1) is 0 Å². The summed E-state index contributed by atoms with van der Waals surface area (Å²) in [5.41, 5.74) is 0.923. The molecule has 0 aromatic heterocycles. The molecule has 160 valence electrons. The summed E-state index contributed by atoms with van der Waals surface area (Å²) in [4.78, 5) is 37.0. The molecule has 0 atom stereocenters. The van der Waals surface area contributed by atoms with E-state index in [2.05, 4.69) is 5.32 Å². The number of nitrogens with zero attached hydrogens (tertiary/aromatic N) is 1. The largest absolute Gasteiger partial charge is 0.494 e. The van der Waals surface area contributed by atoms with Crippen LogP contribution in [-0.4, -0.2) is 56.1 Å². The number of esters is 1. The van der Waals surface area contributed by atoms with Gasteiger partial charge in [0.05, 0.1) is 6.61 Å². The second-order valence-electron chi connectivity index (χ2n) is 6.37. The molecule has 0 saturated heterocycles. The van der Waals surface area contributed by atoms with E-state index in [1.807, 2.05) is 37.3 Å².